The molecule has 1 aromatic carbocycles. The number of carboxylic acid groups (broad SMARTS) is 1. The van der Waals surface area contributed by atoms with E-state index in [2.05, 4.69) is 0 Å². The van der Waals surface area contributed by atoms with Gasteiger partial charge in [0.25, 0.3) is 0 Å². The van der Waals surface area contributed by atoms with Crippen LogP contribution in [0.3, 0.4) is 0 Å². The molecule has 0 radical (unpaired) electrons. The molecule has 0 saturated heterocycles. The van der Waals surface area contributed by atoms with Gasteiger partial charge in [-0.05, 0) is 18.2 Å². The van der Waals surface area contributed by atoms with Crippen LogP contribution in [0.15, 0.2) is 23.1 Å². The molecule has 0 aromatic heterocycles. The highest BCUT2D eigenvalue weighted by Crippen LogP contribution is 2.21. The number of aromatic carboxylic acids is 1. The van der Waals surface area contributed by atoms with E-state index in [1.807, 2.05) is 0 Å². The van der Waals surface area contributed by atoms with Crippen molar-refractivity contribution in [2.24, 2.45) is 0 Å². The van der Waals surface area contributed by atoms with Gasteiger partial charge in [0.05, 0.1) is 27.0 Å². The Morgan fingerprint density at radius 1 is 1.20 bits per heavy atom. The third-order valence-electron chi connectivity index (χ3n) is 2.63. The second kappa shape index (κ2) is 6.11. The number of benzene rings is 1. The van der Waals surface area contributed by atoms with E-state index in [1.54, 1.807) is 0 Å². The summed E-state index contributed by atoms with van der Waals surface area (Å²) in [4.78, 5) is 10.6. The van der Waals surface area contributed by atoms with Crippen molar-refractivity contribution in [2.45, 2.75) is 11.8 Å². The summed E-state index contributed by atoms with van der Waals surface area (Å²) in [6.07, 6.45) is 0. The van der Waals surface area contributed by atoms with Gasteiger partial charge in [-0.2, -0.15) is 0 Å². The van der Waals surface area contributed by atoms with E-state index in [0.717, 1.165) is 18.2 Å². The molecule has 0 aliphatic rings. The zero-order chi connectivity index (χ0) is 15.6. The summed E-state index contributed by atoms with van der Waals surface area (Å²) in [5, 5.41) is 8.79. The summed E-state index contributed by atoms with van der Waals surface area (Å²) < 4.78 is 46.6. The van der Waals surface area contributed by atoms with Crippen molar-refractivity contribution in [3.63, 3.8) is 0 Å². The maximum absolute atomic E-state index is 12.0. The summed E-state index contributed by atoms with van der Waals surface area (Å²) in [6, 6.07) is 3.24. The molecule has 0 aliphatic heterocycles. The Bertz CT molecular complexity index is 721. The predicted molar refractivity (Wildman–Crippen MR) is 74.8 cm³/mol. The molecule has 0 fully saturated rings. The standard InChI is InChI=1S/C11H13ClO6S2/c1-2-19(15,16)5-6-20(17,18)8-3-4-10(12)9(7-8)11(13)14/h3-4,7H,2,5-6H2,1H3,(H,13,14). The van der Waals surface area contributed by atoms with Crippen LogP contribution >= 0.6 is 11.6 Å². The molecule has 0 aliphatic carbocycles. The van der Waals surface area contributed by atoms with Gasteiger partial charge in [0.1, 0.15) is 0 Å². The third-order valence-corrected chi connectivity index (χ3v) is 6.64. The molecule has 1 aromatic rings. The highest BCUT2D eigenvalue weighted by molar-refractivity contribution is 7.95. The lowest BCUT2D eigenvalue weighted by atomic mass is 10.2. The molecule has 112 valence electrons. The molecule has 0 bridgehead atoms. The number of hydrogen-bond acceptors (Lipinski definition) is 5. The zero-order valence-electron chi connectivity index (χ0n) is 10.5. The van der Waals surface area contributed by atoms with E-state index in [4.69, 9.17) is 16.7 Å². The van der Waals surface area contributed by atoms with Crippen LogP contribution in [0.1, 0.15) is 17.3 Å². The second-order valence-corrected chi connectivity index (χ2v) is 8.99. The van der Waals surface area contributed by atoms with Crippen LogP contribution in [0.5, 0.6) is 0 Å². The molecule has 9 heteroatoms. The summed E-state index contributed by atoms with van der Waals surface area (Å²) >= 11 is 5.64. The van der Waals surface area contributed by atoms with Gasteiger partial charge < -0.3 is 5.11 Å². The SMILES string of the molecule is CCS(=O)(=O)CCS(=O)(=O)c1ccc(Cl)c(C(=O)O)c1. The quantitative estimate of drug-likeness (QED) is 0.835. The Hall–Kier alpha value is -1.12. The lowest BCUT2D eigenvalue weighted by molar-refractivity contribution is 0.0697. The number of carbonyl (C=O) groups is 1. The molecule has 0 atom stereocenters. The van der Waals surface area contributed by atoms with Crippen molar-refractivity contribution in [1.29, 1.82) is 0 Å². The molecule has 0 saturated carbocycles. The molecule has 6 nitrogen and oxygen atoms in total. The average Bonchev–Trinajstić information content (AvgIpc) is 2.36. The van der Waals surface area contributed by atoms with Gasteiger partial charge in [0.2, 0.25) is 0 Å². The van der Waals surface area contributed by atoms with E-state index in [-0.39, 0.29) is 21.2 Å². The van der Waals surface area contributed by atoms with Crippen LogP contribution in [0.25, 0.3) is 0 Å². The van der Waals surface area contributed by atoms with E-state index >= 15 is 0 Å². The van der Waals surface area contributed by atoms with Gasteiger partial charge in [-0.25, -0.2) is 21.6 Å². The largest absolute Gasteiger partial charge is 0.478 e. The Kier molecular flexibility index (Phi) is 5.17. The summed E-state index contributed by atoms with van der Waals surface area (Å²) in [5.74, 6) is -2.60. The molecular formula is C11H13ClO6S2. The van der Waals surface area contributed by atoms with E-state index in [0.29, 0.717) is 0 Å². The first-order valence-corrected chi connectivity index (χ1v) is 9.40. The fourth-order valence-electron chi connectivity index (χ4n) is 1.36. The lowest BCUT2D eigenvalue weighted by Gasteiger charge is -2.06. The average molecular weight is 341 g/mol. The van der Waals surface area contributed by atoms with E-state index < -0.39 is 37.1 Å². The van der Waals surface area contributed by atoms with Crippen molar-refractivity contribution in [2.75, 3.05) is 17.3 Å². The van der Waals surface area contributed by atoms with Gasteiger partial charge >= 0.3 is 5.97 Å². The minimum Gasteiger partial charge on any atom is -0.478 e. The smallest absolute Gasteiger partial charge is 0.337 e. The summed E-state index contributed by atoms with van der Waals surface area (Å²) in [7, 11) is -7.29. The third kappa shape index (κ3) is 4.19. The second-order valence-electron chi connectivity index (χ2n) is 4.00. The molecule has 0 unspecified atom stereocenters. The molecule has 1 N–H and O–H groups in total. The van der Waals surface area contributed by atoms with Crippen molar-refractivity contribution in [1.82, 2.24) is 0 Å². The van der Waals surface area contributed by atoms with Crippen molar-refractivity contribution in [3.8, 4) is 0 Å². The first-order valence-electron chi connectivity index (χ1n) is 5.55. The van der Waals surface area contributed by atoms with Gasteiger partial charge in [-0.15, -0.1) is 0 Å². The van der Waals surface area contributed by atoms with Gasteiger partial charge in [-0.1, -0.05) is 18.5 Å². The van der Waals surface area contributed by atoms with Crippen LogP contribution in [-0.4, -0.2) is 45.2 Å². The predicted octanol–water partition coefficient (Wildman–Crippen LogP) is 1.25. The molecule has 0 heterocycles. The monoisotopic (exact) mass is 340 g/mol. The summed E-state index contributed by atoms with van der Waals surface area (Å²) in [5.41, 5.74) is -0.342. The molecule has 20 heavy (non-hydrogen) atoms. The Morgan fingerprint density at radius 3 is 2.30 bits per heavy atom. The van der Waals surface area contributed by atoms with Crippen molar-refractivity contribution >= 4 is 37.2 Å². The maximum atomic E-state index is 12.0. The molecule has 0 amide bonds. The van der Waals surface area contributed by atoms with E-state index in [9.17, 15) is 21.6 Å². The number of rotatable bonds is 6. The molecule has 1 rings (SSSR count). The minimum atomic E-state index is -3.88. The van der Waals surface area contributed by atoms with E-state index in [1.165, 1.54) is 6.92 Å². The molecule has 0 spiro atoms. The normalized spacial score (nSPS) is 12.3. The van der Waals surface area contributed by atoms with Crippen LogP contribution in [0.2, 0.25) is 5.02 Å². The van der Waals surface area contributed by atoms with Crippen LogP contribution in [-0.2, 0) is 19.7 Å². The highest BCUT2D eigenvalue weighted by atomic mass is 35.5. The van der Waals surface area contributed by atoms with Gasteiger partial charge in [0, 0.05) is 5.75 Å². The van der Waals surface area contributed by atoms with Gasteiger partial charge in [0.15, 0.2) is 19.7 Å². The zero-order valence-corrected chi connectivity index (χ0v) is 12.9. The van der Waals surface area contributed by atoms with Crippen molar-refractivity contribution in [3.05, 3.63) is 28.8 Å². The number of hydrogen-bond donors (Lipinski definition) is 1. The fraction of sp³-hybridized carbons (Fsp3) is 0.364. The molecular weight excluding hydrogens is 328 g/mol. The fourth-order valence-corrected chi connectivity index (χ4v) is 4.55. The Morgan fingerprint density at radius 2 is 1.80 bits per heavy atom. The maximum Gasteiger partial charge on any atom is 0.337 e. The first kappa shape index (κ1) is 16.9. The number of carboxylic acids is 1. The van der Waals surface area contributed by atoms with Crippen molar-refractivity contribution < 1.29 is 26.7 Å². The van der Waals surface area contributed by atoms with Crippen LogP contribution < -0.4 is 0 Å². The Labute approximate surface area is 122 Å². The lowest BCUT2D eigenvalue weighted by Crippen LogP contribution is -2.19. The first-order chi connectivity index (χ1) is 9.09. The number of halogens is 1. The highest BCUT2D eigenvalue weighted by Gasteiger charge is 2.21. The van der Waals surface area contributed by atoms with Crippen LogP contribution in [0.4, 0.5) is 0 Å². The summed E-state index contributed by atoms with van der Waals surface area (Å²) in [6.45, 7) is 1.42. The minimum absolute atomic E-state index is 0.0855. The Balaban J connectivity index is 3.11. The van der Waals surface area contributed by atoms with Crippen LogP contribution in [0, 0.1) is 0 Å². The topological polar surface area (TPSA) is 106 Å². The van der Waals surface area contributed by atoms with Gasteiger partial charge in [-0.3, -0.25) is 0 Å². The number of sulfone groups is 2.